The molecule has 0 fully saturated rings. The second-order valence-corrected chi connectivity index (χ2v) is 7.42. The Morgan fingerprint density at radius 3 is 2.81 bits per heavy atom. The number of fused-ring (bicyclic) bond motifs is 1. The van der Waals surface area contributed by atoms with Crippen molar-refractivity contribution in [1.29, 1.82) is 0 Å². The van der Waals surface area contributed by atoms with Gasteiger partial charge in [0.1, 0.15) is 5.82 Å². The van der Waals surface area contributed by atoms with Gasteiger partial charge in [0.15, 0.2) is 0 Å². The highest BCUT2D eigenvalue weighted by molar-refractivity contribution is 5.73. The molecule has 0 radical (unpaired) electrons. The third-order valence-corrected chi connectivity index (χ3v) is 5.26. The van der Waals surface area contributed by atoms with Crippen LogP contribution in [0.3, 0.4) is 0 Å². The number of nitrogens with one attached hydrogen (secondary N) is 1. The molecule has 0 saturated heterocycles. The van der Waals surface area contributed by atoms with E-state index in [4.69, 9.17) is 21.0 Å². The quantitative estimate of drug-likeness (QED) is 0.382. The molecule has 5 N–H and O–H groups in total. The van der Waals surface area contributed by atoms with E-state index in [9.17, 15) is 4.39 Å². The van der Waals surface area contributed by atoms with E-state index in [1.807, 2.05) is 25.1 Å². The summed E-state index contributed by atoms with van der Waals surface area (Å²) < 4.78 is 19.5. The number of benzene rings is 1. The summed E-state index contributed by atoms with van der Waals surface area (Å²) in [5.41, 5.74) is 19.7. The van der Waals surface area contributed by atoms with Crippen LogP contribution in [0.25, 0.3) is 17.0 Å². The minimum absolute atomic E-state index is 0.135. The zero-order chi connectivity index (χ0) is 22.7. The van der Waals surface area contributed by atoms with Crippen molar-refractivity contribution in [1.82, 2.24) is 20.4 Å². The first-order chi connectivity index (χ1) is 15.5. The van der Waals surface area contributed by atoms with Gasteiger partial charge >= 0.3 is 0 Å². The molecule has 4 rings (SSSR count). The van der Waals surface area contributed by atoms with E-state index in [0.29, 0.717) is 36.7 Å². The molecular weight excluding hydrogens is 411 g/mol. The van der Waals surface area contributed by atoms with Crippen LogP contribution in [-0.4, -0.2) is 35.2 Å². The number of nitrogen functional groups attached to an aromatic ring is 1. The van der Waals surface area contributed by atoms with Crippen LogP contribution in [0.2, 0.25) is 0 Å². The van der Waals surface area contributed by atoms with E-state index in [0.717, 1.165) is 28.2 Å². The number of pyridine rings is 1. The first-order valence-corrected chi connectivity index (χ1v) is 10.2. The lowest BCUT2D eigenvalue weighted by Crippen LogP contribution is -2.24. The number of hydrogen-bond acceptors (Lipinski definition) is 8. The zero-order valence-electron chi connectivity index (χ0n) is 17.9. The molecule has 0 aliphatic heterocycles. The number of nitrogens with two attached hydrogens (primary N) is 2. The summed E-state index contributed by atoms with van der Waals surface area (Å²) in [6.45, 7) is 2.58. The molecule has 1 aliphatic carbocycles. The fraction of sp³-hybridized carbons (Fsp3) is 0.261. The van der Waals surface area contributed by atoms with Gasteiger partial charge in [0.2, 0.25) is 11.8 Å². The molecule has 2 heterocycles. The highest BCUT2D eigenvalue weighted by atomic mass is 19.1. The highest BCUT2D eigenvalue weighted by Gasteiger charge is 2.27. The Balaban J connectivity index is 1.82. The van der Waals surface area contributed by atoms with Crippen LogP contribution in [0.4, 0.5) is 10.3 Å². The Bertz CT molecular complexity index is 1170. The summed E-state index contributed by atoms with van der Waals surface area (Å²) in [4.78, 5) is 18.8. The van der Waals surface area contributed by atoms with E-state index in [2.05, 4.69) is 20.4 Å². The molecule has 1 atom stereocenters. The van der Waals surface area contributed by atoms with Crippen LogP contribution < -0.4 is 21.7 Å². The first-order valence-electron chi connectivity index (χ1n) is 10.2. The Hall–Kier alpha value is -3.56. The Labute approximate surface area is 185 Å². The molecule has 8 nitrogen and oxygen atoms in total. The molecule has 32 heavy (non-hydrogen) atoms. The topological polar surface area (TPSA) is 121 Å². The van der Waals surface area contributed by atoms with Gasteiger partial charge in [0, 0.05) is 36.1 Å². The van der Waals surface area contributed by atoms with Gasteiger partial charge < -0.3 is 16.2 Å². The number of nitrogens with zero attached hydrogens (tertiary/aromatic N) is 3. The molecule has 2 aromatic heterocycles. The van der Waals surface area contributed by atoms with Crippen LogP contribution in [0.15, 0.2) is 42.5 Å². The maximum atomic E-state index is 14.3. The molecule has 1 aliphatic rings. The third-order valence-electron chi connectivity index (χ3n) is 5.26. The lowest BCUT2D eigenvalue weighted by atomic mass is 9.83. The van der Waals surface area contributed by atoms with E-state index < -0.39 is 0 Å². The number of hydrogen-bond donors (Lipinski definition) is 3. The van der Waals surface area contributed by atoms with Gasteiger partial charge in [-0.2, -0.15) is 0 Å². The number of allylic oxidation sites excluding steroid dienone is 1. The summed E-state index contributed by atoms with van der Waals surface area (Å²) >= 11 is 0. The molecule has 3 aromatic rings. The standard InChI is InChI=1S/C23H25FN6O2/c1-13-22-19(29-23(26)27-13)10-14(11-20(22)30-32-9-8-25)16-7-6-15(24)12-17(16)18-4-3-5-21(28-18)31-2/h3-7,11-12,14,30H,8-10,25H2,1-2H3,(H2,26,27,29)/t14-/m1/s1. The predicted octanol–water partition coefficient (Wildman–Crippen LogP) is 2.74. The molecule has 0 unspecified atom stereocenters. The molecule has 0 amide bonds. The second-order valence-electron chi connectivity index (χ2n) is 7.42. The van der Waals surface area contributed by atoms with Crippen LogP contribution >= 0.6 is 0 Å². The lowest BCUT2D eigenvalue weighted by Gasteiger charge is -2.26. The molecule has 0 spiro atoms. The van der Waals surface area contributed by atoms with Crippen molar-refractivity contribution in [2.75, 3.05) is 26.0 Å². The summed E-state index contributed by atoms with van der Waals surface area (Å²) in [7, 11) is 1.55. The van der Waals surface area contributed by atoms with E-state index in [-0.39, 0.29) is 17.7 Å². The number of halogens is 1. The van der Waals surface area contributed by atoms with Crippen LogP contribution in [-0.2, 0) is 11.3 Å². The van der Waals surface area contributed by atoms with Crippen LogP contribution in [0, 0.1) is 12.7 Å². The van der Waals surface area contributed by atoms with Crippen molar-refractivity contribution in [3.63, 3.8) is 0 Å². The fourth-order valence-electron chi connectivity index (χ4n) is 3.93. The van der Waals surface area contributed by atoms with Crippen molar-refractivity contribution in [3.05, 3.63) is 70.8 Å². The van der Waals surface area contributed by atoms with E-state index >= 15 is 0 Å². The summed E-state index contributed by atoms with van der Waals surface area (Å²) in [5.74, 6) is 0.179. The number of rotatable bonds is 7. The van der Waals surface area contributed by atoms with Gasteiger partial charge in [-0.25, -0.2) is 19.3 Å². The minimum atomic E-state index is -0.347. The second kappa shape index (κ2) is 9.29. The van der Waals surface area contributed by atoms with Crippen LogP contribution in [0.5, 0.6) is 5.88 Å². The molecule has 9 heteroatoms. The van der Waals surface area contributed by atoms with Gasteiger partial charge in [-0.3, -0.25) is 10.3 Å². The van der Waals surface area contributed by atoms with Gasteiger partial charge in [0.25, 0.3) is 0 Å². The van der Waals surface area contributed by atoms with Crippen molar-refractivity contribution >= 4 is 11.6 Å². The molecular formula is C23H25FN6O2. The van der Waals surface area contributed by atoms with Crippen LogP contribution in [0.1, 0.15) is 28.4 Å². The summed E-state index contributed by atoms with van der Waals surface area (Å²) in [6.07, 6.45) is 2.59. The minimum Gasteiger partial charge on any atom is -0.481 e. The van der Waals surface area contributed by atoms with Crippen molar-refractivity contribution in [3.8, 4) is 17.1 Å². The Morgan fingerprint density at radius 1 is 1.19 bits per heavy atom. The molecule has 0 saturated carbocycles. The SMILES string of the molecule is COc1cccc(-c2cc(F)ccc2[C@H]2C=C(NOCCN)c3c(C)nc(N)nc3C2)n1. The summed E-state index contributed by atoms with van der Waals surface area (Å²) in [5, 5.41) is 0. The zero-order valence-corrected chi connectivity index (χ0v) is 17.9. The first kappa shape index (κ1) is 21.7. The van der Waals surface area contributed by atoms with E-state index in [1.54, 1.807) is 19.2 Å². The molecule has 1 aromatic carbocycles. The normalized spacial score (nSPS) is 15.1. The summed E-state index contributed by atoms with van der Waals surface area (Å²) in [6, 6.07) is 10.1. The highest BCUT2D eigenvalue weighted by Crippen LogP contribution is 2.38. The largest absolute Gasteiger partial charge is 0.481 e. The van der Waals surface area contributed by atoms with Gasteiger partial charge in [-0.15, -0.1) is 0 Å². The Morgan fingerprint density at radius 2 is 2.03 bits per heavy atom. The fourth-order valence-corrected chi connectivity index (χ4v) is 3.93. The monoisotopic (exact) mass is 436 g/mol. The van der Waals surface area contributed by atoms with Gasteiger partial charge in [0.05, 0.1) is 36.5 Å². The third kappa shape index (κ3) is 4.39. The van der Waals surface area contributed by atoms with Crippen molar-refractivity contribution < 1.29 is 14.0 Å². The number of hydroxylamine groups is 1. The van der Waals surface area contributed by atoms with Gasteiger partial charge in [-0.05, 0) is 30.7 Å². The smallest absolute Gasteiger partial charge is 0.220 e. The number of methoxy groups -OCH3 is 1. The van der Waals surface area contributed by atoms with E-state index in [1.165, 1.54) is 12.1 Å². The average molecular weight is 436 g/mol. The number of ether oxygens (including phenoxy) is 1. The van der Waals surface area contributed by atoms with Gasteiger partial charge in [-0.1, -0.05) is 18.2 Å². The Kier molecular flexibility index (Phi) is 6.29. The maximum absolute atomic E-state index is 14.3. The van der Waals surface area contributed by atoms with Crippen molar-refractivity contribution in [2.45, 2.75) is 19.3 Å². The number of aromatic nitrogens is 3. The number of aryl methyl sites for hydroxylation is 1. The lowest BCUT2D eigenvalue weighted by molar-refractivity contribution is 0.0844. The molecule has 0 bridgehead atoms. The predicted molar refractivity (Wildman–Crippen MR) is 120 cm³/mol. The van der Waals surface area contributed by atoms with Crippen molar-refractivity contribution in [2.24, 2.45) is 5.73 Å². The maximum Gasteiger partial charge on any atom is 0.220 e. The average Bonchev–Trinajstić information content (AvgIpc) is 2.78. The number of anilines is 1. The molecule has 166 valence electrons.